The van der Waals surface area contributed by atoms with Gasteiger partial charge in [0, 0.05) is 37.7 Å². The number of anilines is 2. The molecule has 7 nitrogen and oxygen atoms in total. The Hall–Kier alpha value is -1.44. The van der Waals surface area contributed by atoms with E-state index in [4.69, 9.17) is 11.5 Å². The van der Waals surface area contributed by atoms with E-state index < -0.39 is 0 Å². The molecule has 0 unspecified atom stereocenters. The first-order valence-corrected chi connectivity index (χ1v) is 8.61. The molecule has 1 aliphatic heterocycles. The molecule has 1 aromatic rings. The molecule has 0 radical (unpaired) electrons. The molecule has 1 aliphatic carbocycles. The van der Waals surface area contributed by atoms with Crippen molar-refractivity contribution in [1.82, 2.24) is 14.9 Å². The van der Waals surface area contributed by atoms with Crippen molar-refractivity contribution in [1.29, 1.82) is 0 Å². The molecule has 23 heavy (non-hydrogen) atoms. The highest BCUT2D eigenvalue weighted by Gasteiger charge is 2.29. The summed E-state index contributed by atoms with van der Waals surface area (Å²) in [5.74, 6) is 2.04. The van der Waals surface area contributed by atoms with Gasteiger partial charge in [0.2, 0.25) is 5.95 Å². The maximum absolute atomic E-state index is 9.18. The molecule has 1 saturated carbocycles. The molecule has 6 N–H and O–H groups in total. The fourth-order valence-corrected chi connectivity index (χ4v) is 3.42. The van der Waals surface area contributed by atoms with Gasteiger partial charge in [-0.15, -0.1) is 0 Å². The number of aromatic nitrogens is 2. The first-order valence-electron chi connectivity index (χ1n) is 8.61. The van der Waals surface area contributed by atoms with E-state index in [1.807, 2.05) is 6.07 Å². The molecule has 0 spiro atoms. The molecule has 0 atom stereocenters. The third-order valence-corrected chi connectivity index (χ3v) is 5.06. The molecule has 2 aliphatic rings. The number of nitrogens with zero attached hydrogens (tertiary/aromatic N) is 3. The van der Waals surface area contributed by atoms with E-state index in [-0.39, 0.29) is 0 Å². The van der Waals surface area contributed by atoms with Crippen LogP contribution in [-0.4, -0.2) is 58.8 Å². The maximum Gasteiger partial charge on any atom is 0.222 e. The van der Waals surface area contributed by atoms with Crippen molar-refractivity contribution < 1.29 is 5.11 Å². The highest BCUT2D eigenvalue weighted by Crippen LogP contribution is 2.35. The van der Waals surface area contributed by atoms with Gasteiger partial charge in [0.25, 0.3) is 0 Å². The zero-order chi connectivity index (χ0) is 16.2. The number of nitrogen functional groups attached to an aromatic ring is 1. The van der Waals surface area contributed by atoms with Crippen LogP contribution in [0.3, 0.4) is 0 Å². The Kier molecular flexibility index (Phi) is 5.30. The van der Waals surface area contributed by atoms with Crippen molar-refractivity contribution in [3.8, 4) is 0 Å². The molecular formula is C16H28N6O. The zero-order valence-electron chi connectivity index (χ0n) is 13.6. The van der Waals surface area contributed by atoms with Crippen LogP contribution in [0.1, 0.15) is 37.3 Å². The second-order valence-electron chi connectivity index (χ2n) is 6.86. The highest BCUT2D eigenvalue weighted by molar-refractivity contribution is 5.42. The molecule has 1 saturated heterocycles. The molecule has 128 valence electrons. The lowest BCUT2D eigenvalue weighted by Gasteiger charge is -2.32. The predicted octanol–water partition coefficient (Wildman–Crippen LogP) is 0.380. The van der Waals surface area contributed by atoms with Crippen LogP contribution in [0, 0.1) is 5.92 Å². The van der Waals surface area contributed by atoms with Crippen LogP contribution in [-0.2, 0) is 0 Å². The number of nitrogens with one attached hydrogen (secondary N) is 1. The lowest BCUT2D eigenvalue weighted by molar-refractivity contribution is 0.134. The van der Waals surface area contributed by atoms with E-state index in [1.54, 1.807) is 0 Å². The van der Waals surface area contributed by atoms with Crippen molar-refractivity contribution in [2.45, 2.75) is 37.6 Å². The summed E-state index contributed by atoms with van der Waals surface area (Å²) in [5.41, 5.74) is 12.7. The van der Waals surface area contributed by atoms with Gasteiger partial charge in [-0.1, -0.05) is 0 Å². The standard InChI is InChI=1S/C16H28N6O/c17-13-7-12(8-13)14-9-15(21-16(18)20-14)19-3-6-22-4-1-11(10-23)2-5-22/h9,11-13,23H,1-8,10,17H2,(H3,18,19,20,21). The van der Waals surface area contributed by atoms with E-state index >= 15 is 0 Å². The maximum atomic E-state index is 9.18. The fourth-order valence-electron chi connectivity index (χ4n) is 3.42. The summed E-state index contributed by atoms with van der Waals surface area (Å²) in [5, 5.41) is 12.5. The number of rotatable bonds is 6. The lowest BCUT2D eigenvalue weighted by Crippen LogP contribution is -2.37. The Morgan fingerprint density at radius 1 is 1.26 bits per heavy atom. The molecule has 0 bridgehead atoms. The Balaban J connectivity index is 1.47. The number of hydrogen-bond donors (Lipinski definition) is 4. The number of piperidine rings is 1. The number of nitrogens with two attached hydrogens (primary N) is 2. The van der Waals surface area contributed by atoms with Crippen LogP contribution >= 0.6 is 0 Å². The minimum absolute atomic E-state index is 0.300. The summed E-state index contributed by atoms with van der Waals surface area (Å²) in [6.45, 7) is 4.25. The Bertz CT molecular complexity index is 511. The minimum Gasteiger partial charge on any atom is -0.396 e. The largest absolute Gasteiger partial charge is 0.396 e. The van der Waals surface area contributed by atoms with Crippen molar-refractivity contribution >= 4 is 11.8 Å². The van der Waals surface area contributed by atoms with Gasteiger partial charge in [-0.05, 0) is 44.7 Å². The van der Waals surface area contributed by atoms with E-state index in [9.17, 15) is 5.11 Å². The van der Waals surface area contributed by atoms with Crippen molar-refractivity contribution in [2.75, 3.05) is 43.8 Å². The Labute approximate surface area is 137 Å². The van der Waals surface area contributed by atoms with Crippen LogP contribution in [0.2, 0.25) is 0 Å². The van der Waals surface area contributed by atoms with E-state index in [1.165, 1.54) is 0 Å². The van der Waals surface area contributed by atoms with Gasteiger partial charge in [0.1, 0.15) is 5.82 Å². The average Bonchev–Trinajstić information content (AvgIpc) is 2.52. The van der Waals surface area contributed by atoms with E-state index in [2.05, 4.69) is 20.2 Å². The normalized spacial score (nSPS) is 26.0. The Morgan fingerprint density at radius 3 is 2.65 bits per heavy atom. The van der Waals surface area contributed by atoms with Gasteiger partial charge in [-0.2, -0.15) is 4.98 Å². The van der Waals surface area contributed by atoms with Crippen molar-refractivity contribution in [3.63, 3.8) is 0 Å². The quantitative estimate of drug-likeness (QED) is 0.599. The van der Waals surface area contributed by atoms with Crippen LogP contribution in [0.5, 0.6) is 0 Å². The molecule has 7 heteroatoms. The zero-order valence-corrected chi connectivity index (χ0v) is 13.6. The third kappa shape index (κ3) is 4.31. The van der Waals surface area contributed by atoms with E-state index in [0.29, 0.717) is 30.4 Å². The van der Waals surface area contributed by atoms with Gasteiger partial charge in [0.15, 0.2) is 0 Å². The van der Waals surface area contributed by atoms with Crippen LogP contribution in [0.4, 0.5) is 11.8 Å². The third-order valence-electron chi connectivity index (χ3n) is 5.06. The van der Waals surface area contributed by atoms with Crippen molar-refractivity contribution in [3.05, 3.63) is 11.8 Å². The summed E-state index contributed by atoms with van der Waals surface area (Å²) in [6.07, 6.45) is 4.14. The molecule has 0 amide bonds. The van der Waals surface area contributed by atoms with Crippen LogP contribution < -0.4 is 16.8 Å². The van der Waals surface area contributed by atoms with Gasteiger partial charge in [0.05, 0.1) is 5.69 Å². The van der Waals surface area contributed by atoms with Gasteiger partial charge >= 0.3 is 0 Å². The van der Waals surface area contributed by atoms with Gasteiger partial charge in [-0.3, -0.25) is 0 Å². The smallest absolute Gasteiger partial charge is 0.222 e. The van der Waals surface area contributed by atoms with Crippen molar-refractivity contribution in [2.24, 2.45) is 11.7 Å². The van der Waals surface area contributed by atoms with Gasteiger partial charge < -0.3 is 26.8 Å². The highest BCUT2D eigenvalue weighted by atomic mass is 16.3. The minimum atomic E-state index is 0.300. The van der Waals surface area contributed by atoms with E-state index in [0.717, 1.165) is 63.4 Å². The topological polar surface area (TPSA) is 113 Å². The number of likely N-dealkylation sites (tertiary alicyclic amines) is 1. The predicted molar refractivity (Wildman–Crippen MR) is 91.1 cm³/mol. The first-order chi connectivity index (χ1) is 11.1. The molecule has 2 fully saturated rings. The van der Waals surface area contributed by atoms with Crippen LogP contribution in [0.15, 0.2) is 6.07 Å². The summed E-state index contributed by atoms with van der Waals surface area (Å²) in [6, 6.07) is 2.31. The second-order valence-corrected chi connectivity index (χ2v) is 6.86. The molecule has 3 rings (SSSR count). The SMILES string of the molecule is Nc1nc(NCCN2CCC(CO)CC2)cc(C2CC(N)C2)n1. The fraction of sp³-hybridized carbons (Fsp3) is 0.750. The molecular weight excluding hydrogens is 292 g/mol. The summed E-state index contributed by atoms with van der Waals surface area (Å²) in [7, 11) is 0. The second kappa shape index (κ2) is 7.42. The van der Waals surface area contributed by atoms with Crippen LogP contribution in [0.25, 0.3) is 0 Å². The summed E-state index contributed by atoms with van der Waals surface area (Å²) < 4.78 is 0. The lowest BCUT2D eigenvalue weighted by atomic mass is 9.78. The monoisotopic (exact) mass is 320 g/mol. The summed E-state index contributed by atoms with van der Waals surface area (Å²) >= 11 is 0. The molecule has 2 heterocycles. The first kappa shape index (κ1) is 16.4. The number of aliphatic hydroxyl groups is 1. The molecule has 1 aromatic heterocycles. The average molecular weight is 320 g/mol. The number of aliphatic hydroxyl groups excluding tert-OH is 1. The number of hydrogen-bond acceptors (Lipinski definition) is 7. The Morgan fingerprint density at radius 2 is 2.00 bits per heavy atom. The van der Waals surface area contributed by atoms with Gasteiger partial charge in [-0.25, -0.2) is 4.98 Å². The molecule has 0 aromatic carbocycles. The summed E-state index contributed by atoms with van der Waals surface area (Å²) in [4.78, 5) is 11.0.